The number of furan rings is 1. The lowest BCUT2D eigenvalue weighted by Gasteiger charge is -2.28. The average Bonchev–Trinajstić information content (AvgIpc) is 3.82. The highest BCUT2D eigenvalue weighted by molar-refractivity contribution is 7.25. The first kappa shape index (κ1) is 31.6. The number of anilines is 3. The van der Waals surface area contributed by atoms with Gasteiger partial charge < -0.3 is 9.32 Å². The van der Waals surface area contributed by atoms with Crippen LogP contribution >= 0.6 is 11.3 Å². The number of thiophene rings is 1. The van der Waals surface area contributed by atoms with E-state index < -0.39 is 0 Å². The molecule has 0 bridgehead atoms. The van der Waals surface area contributed by atoms with E-state index in [0.717, 1.165) is 50.1 Å². The summed E-state index contributed by atoms with van der Waals surface area (Å²) >= 11 is 1.86. The molecule has 0 fully saturated rings. The van der Waals surface area contributed by atoms with Crippen molar-refractivity contribution in [2.75, 3.05) is 4.90 Å². The van der Waals surface area contributed by atoms with Gasteiger partial charge in [0.2, 0.25) is 0 Å². The standard InChI is InChI=1S/C52H33NOS/c1-2-11-36(12-3-1)47-31-39(40-22-27-46-45-15-7-9-17-51(45)55-52(46)32-40)23-29-48(47)53(42-26-28-44-43-14-6-8-16-49(43)54-50(44)33-42)41-24-20-35(21-25-41)38-19-18-34-10-4-5-13-37(34)30-38/h1-33H. The number of hydrogen-bond donors (Lipinski definition) is 0. The Bertz CT molecular complexity index is 3210. The lowest BCUT2D eigenvalue weighted by Crippen LogP contribution is -2.11. The first-order valence-electron chi connectivity index (χ1n) is 18.7. The van der Waals surface area contributed by atoms with Crippen LogP contribution in [0.25, 0.3) is 86.3 Å². The minimum atomic E-state index is 0.867. The van der Waals surface area contributed by atoms with Gasteiger partial charge in [-0.1, -0.05) is 133 Å². The van der Waals surface area contributed by atoms with Crippen molar-refractivity contribution < 1.29 is 4.42 Å². The summed E-state index contributed by atoms with van der Waals surface area (Å²) in [6.07, 6.45) is 0. The van der Waals surface area contributed by atoms with Crippen LogP contribution in [0, 0.1) is 0 Å². The quantitative estimate of drug-likeness (QED) is 0.170. The van der Waals surface area contributed by atoms with Crippen LogP contribution < -0.4 is 4.90 Å². The van der Waals surface area contributed by atoms with Crippen molar-refractivity contribution in [3.05, 3.63) is 200 Å². The monoisotopic (exact) mass is 719 g/mol. The molecule has 0 saturated heterocycles. The van der Waals surface area contributed by atoms with Gasteiger partial charge in [0, 0.05) is 53.9 Å². The first-order chi connectivity index (χ1) is 27.2. The Labute approximate surface area is 322 Å². The molecule has 0 N–H and O–H groups in total. The number of benzene rings is 9. The molecule has 2 nitrogen and oxygen atoms in total. The van der Waals surface area contributed by atoms with E-state index in [1.807, 2.05) is 23.5 Å². The van der Waals surface area contributed by atoms with E-state index in [2.05, 4.69) is 193 Å². The van der Waals surface area contributed by atoms with Crippen LogP contribution in [0.4, 0.5) is 17.1 Å². The maximum atomic E-state index is 6.45. The molecule has 11 aromatic rings. The molecule has 2 heterocycles. The summed E-state index contributed by atoms with van der Waals surface area (Å²) in [5.74, 6) is 0. The highest BCUT2D eigenvalue weighted by atomic mass is 32.1. The van der Waals surface area contributed by atoms with Crippen LogP contribution in [0.1, 0.15) is 0 Å². The molecule has 11 rings (SSSR count). The van der Waals surface area contributed by atoms with Gasteiger partial charge in [0.05, 0.1) is 5.69 Å². The van der Waals surface area contributed by atoms with Crippen molar-refractivity contribution in [1.82, 2.24) is 0 Å². The fourth-order valence-electron chi connectivity index (χ4n) is 8.12. The number of hydrogen-bond acceptors (Lipinski definition) is 3. The van der Waals surface area contributed by atoms with Gasteiger partial charge in [-0.3, -0.25) is 0 Å². The zero-order chi connectivity index (χ0) is 36.3. The molecule has 0 aliphatic heterocycles. The van der Waals surface area contributed by atoms with Crippen LogP contribution in [-0.2, 0) is 0 Å². The zero-order valence-corrected chi connectivity index (χ0v) is 30.6. The fraction of sp³-hybridized carbons (Fsp3) is 0. The minimum absolute atomic E-state index is 0.867. The van der Waals surface area contributed by atoms with Gasteiger partial charge in [-0.2, -0.15) is 0 Å². The molecule has 9 aromatic carbocycles. The summed E-state index contributed by atoms with van der Waals surface area (Å²) < 4.78 is 9.07. The van der Waals surface area contributed by atoms with Crippen molar-refractivity contribution in [2.24, 2.45) is 0 Å². The normalized spacial score (nSPS) is 11.6. The molecular weight excluding hydrogens is 687 g/mol. The van der Waals surface area contributed by atoms with E-state index in [1.54, 1.807) is 0 Å². The molecule has 3 heteroatoms. The lowest BCUT2D eigenvalue weighted by molar-refractivity contribution is 0.669. The van der Waals surface area contributed by atoms with Crippen LogP contribution in [0.5, 0.6) is 0 Å². The SMILES string of the molecule is c1ccc(-c2cc(-c3ccc4c(c3)sc3ccccc34)ccc2N(c2ccc(-c3ccc4ccccc4c3)cc2)c2ccc3c(c2)oc2ccccc23)cc1. The highest BCUT2D eigenvalue weighted by Gasteiger charge is 2.20. The van der Waals surface area contributed by atoms with Gasteiger partial charge in [0.1, 0.15) is 11.2 Å². The van der Waals surface area contributed by atoms with Gasteiger partial charge in [-0.25, -0.2) is 0 Å². The van der Waals surface area contributed by atoms with Crippen molar-refractivity contribution in [2.45, 2.75) is 0 Å². The summed E-state index contributed by atoms with van der Waals surface area (Å²) in [6, 6.07) is 72.3. The average molecular weight is 720 g/mol. The summed E-state index contributed by atoms with van der Waals surface area (Å²) in [7, 11) is 0. The second kappa shape index (κ2) is 12.9. The van der Waals surface area contributed by atoms with Crippen molar-refractivity contribution in [3.8, 4) is 33.4 Å². The van der Waals surface area contributed by atoms with Crippen molar-refractivity contribution >= 4 is 81.3 Å². The molecule has 0 spiro atoms. The van der Waals surface area contributed by atoms with E-state index in [-0.39, 0.29) is 0 Å². The molecule has 0 amide bonds. The number of rotatable bonds is 6. The molecule has 2 aromatic heterocycles. The zero-order valence-electron chi connectivity index (χ0n) is 29.8. The van der Waals surface area contributed by atoms with Crippen molar-refractivity contribution in [3.63, 3.8) is 0 Å². The molecule has 0 radical (unpaired) electrons. The molecule has 0 saturated carbocycles. The van der Waals surface area contributed by atoms with E-state index in [1.165, 1.54) is 53.2 Å². The smallest absolute Gasteiger partial charge is 0.137 e. The summed E-state index contributed by atoms with van der Waals surface area (Å²) in [5.41, 5.74) is 12.0. The number of fused-ring (bicyclic) bond motifs is 7. The Morgan fingerprint density at radius 3 is 1.85 bits per heavy atom. The van der Waals surface area contributed by atoms with Crippen LogP contribution in [0.2, 0.25) is 0 Å². The first-order valence-corrected chi connectivity index (χ1v) is 19.5. The third-order valence-electron chi connectivity index (χ3n) is 10.9. The van der Waals surface area contributed by atoms with Gasteiger partial charge in [0.15, 0.2) is 0 Å². The highest BCUT2D eigenvalue weighted by Crippen LogP contribution is 2.45. The largest absolute Gasteiger partial charge is 0.456 e. The van der Waals surface area contributed by atoms with Gasteiger partial charge in [-0.15, -0.1) is 11.3 Å². The molecule has 0 unspecified atom stereocenters. The Kier molecular flexibility index (Phi) is 7.39. The van der Waals surface area contributed by atoms with Crippen LogP contribution in [0.15, 0.2) is 205 Å². The summed E-state index contributed by atoms with van der Waals surface area (Å²) in [4.78, 5) is 2.37. The van der Waals surface area contributed by atoms with Gasteiger partial charge >= 0.3 is 0 Å². The summed E-state index contributed by atoms with van der Waals surface area (Å²) in [6.45, 7) is 0. The fourth-order valence-corrected chi connectivity index (χ4v) is 9.26. The van der Waals surface area contributed by atoms with Crippen LogP contribution in [-0.4, -0.2) is 0 Å². The molecule has 0 atom stereocenters. The van der Waals surface area contributed by atoms with E-state index in [9.17, 15) is 0 Å². The topological polar surface area (TPSA) is 16.4 Å². The second-order valence-electron chi connectivity index (χ2n) is 14.1. The number of para-hydroxylation sites is 1. The molecule has 55 heavy (non-hydrogen) atoms. The third kappa shape index (κ3) is 5.48. The van der Waals surface area contributed by atoms with Gasteiger partial charge in [0.25, 0.3) is 0 Å². The minimum Gasteiger partial charge on any atom is -0.456 e. The maximum Gasteiger partial charge on any atom is 0.137 e. The van der Waals surface area contributed by atoms with Gasteiger partial charge in [-0.05, 0) is 99.3 Å². The predicted molar refractivity (Wildman–Crippen MR) is 235 cm³/mol. The number of nitrogens with zero attached hydrogens (tertiary/aromatic N) is 1. The van der Waals surface area contributed by atoms with E-state index >= 15 is 0 Å². The Balaban J connectivity index is 1.09. The molecule has 0 aliphatic carbocycles. The van der Waals surface area contributed by atoms with Crippen LogP contribution in [0.3, 0.4) is 0 Å². The predicted octanol–water partition coefficient (Wildman–Crippen LogP) is 15.6. The lowest BCUT2D eigenvalue weighted by atomic mass is 9.95. The second-order valence-corrected chi connectivity index (χ2v) is 15.2. The third-order valence-corrected chi connectivity index (χ3v) is 12.0. The Morgan fingerprint density at radius 2 is 0.964 bits per heavy atom. The van der Waals surface area contributed by atoms with E-state index in [0.29, 0.717) is 0 Å². The molecule has 258 valence electrons. The Hall–Kier alpha value is -6.94. The molecular formula is C52H33NOS. The Morgan fingerprint density at radius 1 is 0.345 bits per heavy atom. The summed E-state index contributed by atoms with van der Waals surface area (Å²) in [5, 5.41) is 7.35. The molecule has 0 aliphatic rings. The van der Waals surface area contributed by atoms with Crippen molar-refractivity contribution in [1.29, 1.82) is 0 Å². The maximum absolute atomic E-state index is 6.45. The van der Waals surface area contributed by atoms with E-state index in [4.69, 9.17) is 4.42 Å².